The Hall–Kier alpha value is -0.970. The van der Waals surface area contributed by atoms with Crippen molar-refractivity contribution in [2.45, 2.75) is 25.6 Å². The topological polar surface area (TPSA) is 42.4 Å². The predicted octanol–water partition coefficient (Wildman–Crippen LogP) is 2.83. The molecule has 3 nitrogen and oxygen atoms in total. The third kappa shape index (κ3) is 2.53. The third-order valence-corrected chi connectivity index (χ3v) is 5.05. The van der Waals surface area contributed by atoms with Crippen molar-refractivity contribution in [3.63, 3.8) is 0 Å². The Balaban J connectivity index is 1.87. The van der Waals surface area contributed by atoms with E-state index in [4.69, 9.17) is 10.2 Å². The SMILES string of the molecule is CN(Cc1oc2ccccc2c1CN)C1CCSC1. The van der Waals surface area contributed by atoms with E-state index in [1.807, 2.05) is 30.0 Å². The lowest BCUT2D eigenvalue weighted by Gasteiger charge is -2.22. The molecule has 0 aliphatic carbocycles. The van der Waals surface area contributed by atoms with Gasteiger partial charge in [-0.1, -0.05) is 18.2 Å². The van der Waals surface area contributed by atoms with E-state index in [-0.39, 0.29) is 0 Å². The highest BCUT2D eigenvalue weighted by molar-refractivity contribution is 7.99. The van der Waals surface area contributed by atoms with Gasteiger partial charge in [-0.2, -0.15) is 11.8 Å². The molecule has 1 fully saturated rings. The normalized spacial score (nSPS) is 19.6. The van der Waals surface area contributed by atoms with Gasteiger partial charge in [-0.3, -0.25) is 4.90 Å². The molecule has 2 aromatic rings. The van der Waals surface area contributed by atoms with Gasteiger partial charge in [-0.25, -0.2) is 0 Å². The van der Waals surface area contributed by atoms with Crippen LogP contribution in [-0.4, -0.2) is 29.5 Å². The van der Waals surface area contributed by atoms with Crippen LogP contribution in [0, 0.1) is 0 Å². The zero-order valence-electron chi connectivity index (χ0n) is 11.3. The summed E-state index contributed by atoms with van der Waals surface area (Å²) in [4.78, 5) is 2.40. The van der Waals surface area contributed by atoms with E-state index >= 15 is 0 Å². The van der Waals surface area contributed by atoms with Crippen LogP contribution in [0.3, 0.4) is 0 Å². The smallest absolute Gasteiger partial charge is 0.134 e. The van der Waals surface area contributed by atoms with Gasteiger partial charge in [-0.15, -0.1) is 0 Å². The van der Waals surface area contributed by atoms with Crippen molar-refractivity contribution < 1.29 is 4.42 Å². The molecule has 1 aliphatic heterocycles. The first kappa shape index (κ1) is 13.0. The molecule has 1 unspecified atom stereocenters. The molecule has 0 amide bonds. The Morgan fingerprint density at radius 2 is 2.26 bits per heavy atom. The van der Waals surface area contributed by atoms with Gasteiger partial charge in [0, 0.05) is 29.3 Å². The molecular formula is C15H20N2OS. The van der Waals surface area contributed by atoms with Crippen LogP contribution in [0.2, 0.25) is 0 Å². The number of hydrogen-bond acceptors (Lipinski definition) is 4. The fraction of sp³-hybridized carbons (Fsp3) is 0.467. The van der Waals surface area contributed by atoms with Crippen molar-refractivity contribution in [1.29, 1.82) is 0 Å². The molecule has 4 heteroatoms. The van der Waals surface area contributed by atoms with Crippen LogP contribution in [0.15, 0.2) is 28.7 Å². The minimum Gasteiger partial charge on any atom is -0.459 e. The van der Waals surface area contributed by atoms with E-state index in [0.717, 1.165) is 28.8 Å². The first-order chi connectivity index (χ1) is 9.29. The van der Waals surface area contributed by atoms with Crippen LogP contribution in [0.25, 0.3) is 11.0 Å². The van der Waals surface area contributed by atoms with E-state index in [0.29, 0.717) is 12.6 Å². The number of benzene rings is 1. The number of thioether (sulfide) groups is 1. The van der Waals surface area contributed by atoms with Crippen LogP contribution in [0.4, 0.5) is 0 Å². The molecule has 102 valence electrons. The summed E-state index contributed by atoms with van der Waals surface area (Å²) in [7, 11) is 2.18. The lowest BCUT2D eigenvalue weighted by Crippen LogP contribution is -2.31. The summed E-state index contributed by atoms with van der Waals surface area (Å²) >= 11 is 2.04. The van der Waals surface area contributed by atoms with Crippen LogP contribution in [0.5, 0.6) is 0 Å². The zero-order chi connectivity index (χ0) is 13.2. The Bertz CT molecular complexity index is 560. The summed E-state index contributed by atoms with van der Waals surface area (Å²) in [6.45, 7) is 1.39. The Kier molecular flexibility index (Phi) is 3.82. The summed E-state index contributed by atoms with van der Waals surface area (Å²) in [5.41, 5.74) is 8.02. The summed E-state index contributed by atoms with van der Waals surface area (Å²) in [6, 6.07) is 8.83. The molecule has 1 atom stereocenters. The highest BCUT2D eigenvalue weighted by atomic mass is 32.2. The first-order valence-electron chi connectivity index (χ1n) is 6.77. The largest absolute Gasteiger partial charge is 0.459 e. The second-order valence-corrected chi connectivity index (χ2v) is 6.29. The first-order valence-corrected chi connectivity index (χ1v) is 7.92. The van der Waals surface area contributed by atoms with Gasteiger partial charge in [0.05, 0.1) is 6.54 Å². The fourth-order valence-corrected chi connectivity index (χ4v) is 4.02. The van der Waals surface area contributed by atoms with Crippen molar-refractivity contribution in [2.24, 2.45) is 5.73 Å². The Morgan fingerprint density at radius 1 is 1.42 bits per heavy atom. The van der Waals surface area contributed by atoms with Crippen LogP contribution in [0.1, 0.15) is 17.7 Å². The number of rotatable bonds is 4. The van der Waals surface area contributed by atoms with Gasteiger partial charge in [0.15, 0.2) is 0 Å². The number of fused-ring (bicyclic) bond motifs is 1. The van der Waals surface area contributed by atoms with Crippen molar-refractivity contribution in [3.8, 4) is 0 Å². The lowest BCUT2D eigenvalue weighted by atomic mass is 10.1. The maximum atomic E-state index is 5.99. The quantitative estimate of drug-likeness (QED) is 0.932. The summed E-state index contributed by atoms with van der Waals surface area (Å²) in [6.07, 6.45) is 1.28. The van der Waals surface area contributed by atoms with E-state index in [2.05, 4.69) is 18.0 Å². The monoisotopic (exact) mass is 276 g/mol. The molecule has 0 bridgehead atoms. The van der Waals surface area contributed by atoms with E-state index in [9.17, 15) is 0 Å². The number of furan rings is 1. The second-order valence-electron chi connectivity index (χ2n) is 5.14. The molecule has 1 aromatic carbocycles. The zero-order valence-corrected chi connectivity index (χ0v) is 12.1. The predicted molar refractivity (Wildman–Crippen MR) is 81.3 cm³/mol. The number of hydrogen-bond donors (Lipinski definition) is 1. The van der Waals surface area contributed by atoms with E-state index < -0.39 is 0 Å². The van der Waals surface area contributed by atoms with Crippen molar-refractivity contribution in [1.82, 2.24) is 4.90 Å². The molecule has 0 spiro atoms. The van der Waals surface area contributed by atoms with Gasteiger partial charge in [-0.05, 0) is 25.3 Å². The Labute approximate surface area is 118 Å². The van der Waals surface area contributed by atoms with Crippen LogP contribution < -0.4 is 5.73 Å². The molecule has 2 N–H and O–H groups in total. The van der Waals surface area contributed by atoms with Crippen molar-refractivity contribution >= 4 is 22.7 Å². The lowest BCUT2D eigenvalue weighted by molar-refractivity contribution is 0.235. The van der Waals surface area contributed by atoms with Crippen molar-refractivity contribution in [3.05, 3.63) is 35.6 Å². The number of nitrogens with zero attached hydrogens (tertiary/aromatic N) is 1. The van der Waals surface area contributed by atoms with Crippen LogP contribution >= 0.6 is 11.8 Å². The molecule has 1 aromatic heterocycles. The molecule has 3 rings (SSSR count). The van der Waals surface area contributed by atoms with Crippen LogP contribution in [-0.2, 0) is 13.1 Å². The molecule has 0 saturated carbocycles. The highest BCUT2D eigenvalue weighted by Crippen LogP contribution is 2.28. The summed E-state index contributed by atoms with van der Waals surface area (Å²) in [5, 5.41) is 1.16. The molecular weight excluding hydrogens is 256 g/mol. The van der Waals surface area contributed by atoms with Gasteiger partial charge in [0.1, 0.15) is 11.3 Å². The molecule has 19 heavy (non-hydrogen) atoms. The van der Waals surface area contributed by atoms with Gasteiger partial charge in [0.2, 0.25) is 0 Å². The molecule has 1 aliphatic rings. The van der Waals surface area contributed by atoms with Gasteiger partial charge in [0.25, 0.3) is 0 Å². The summed E-state index contributed by atoms with van der Waals surface area (Å²) < 4.78 is 5.99. The highest BCUT2D eigenvalue weighted by Gasteiger charge is 2.22. The molecule has 2 heterocycles. The standard InChI is InChI=1S/C15H20N2OS/c1-17(11-6-7-19-10-11)9-15-13(8-16)12-4-2-3-5-14(12)18-15/h2-5,11H,6-10,16H2,1H3. The van der Waals surface area contributed by atoms with E-state index in [1.54, 1.807) is 0 Å². The van der Waals surface area contributed by atoms with Crippen molar-refractivity contribution in [2.75, 3.05) is 18.6 Å². The average molecular weight is 276 g/mol. The third-order valence-electron chi connectivity index (χ3n) is 3.91. The van der Waals surface area contributed by atoms with Gasteiger partial charge < -0.3 is 10.2 Å². The fourth-order valence-electron chi connectivity index (χ4n) is 2.73. The average Bonchev–Trinajstić information content (AvgIpc) is 3.05. The summed E-state index contributed by atoms with van der Waals surface area (Å²) in [5.74, 6) is 3.54. The Morgan fingerprint density at radius 3 is 3.00 bits per heavy atom. The maximum absolute atomic E-state index is 5.99. The molecule has 1 saturated heterocycles. The van der Waals surface area contributed by atoms with E-state index in [1.165, 1.54) is 17.9 Å². The maximum Gasteiger partial charge on any atom is 0.134 e. The number of nitrogens with two attached hydrogens (primary N) is 1. The van der Waals surface area contributed by atoms with Gasteiger partial charge >= 0.3 is 0 Å². The number of para-hydroxylation sites is 1. The molecule has 0 radical (unpaired) electrons. The minimum absolute atomic E-state index is 0.541. The minimum atomic E-state index is 0.541. The second kappa shape index (κ2) is 5.57.